The maximum Gasteiger partial charge on any atom is 0.260 e. The summed E-state index contributed by atoms with van der Waals surface area (Å²) in [7, 11) is 1.77. The molecule has 1 nitrogen and oxygen atoms in total. The molecule has 1 aliphatic heterocycles. The zero-order valence-corrected chi connectivity index (χ0v) is 8.90. The van der Waals surface area contributed by atoms with Crippen molar-refractivity contribution >= 4 is 0 Å². The molecular weight excluding hydrogens is 172 g/mol. The molecule has 13 heavy (non-hydrogen) atoms. The molecule has 0 aromatic heterocycles. The molecule has 0 spiro atoms. The summed E-state index contributed by atoms with van der Waals surface area (Å²) in [6.45, 7) is 6.81. The molecule has 1 rings (SSSR count). The number of alkyl halides is 2. The van der Waals surface area contributed by atoms with E-state index in [9.17, 15) is 8.78 Å². The quantitative estimate of drug-likeness (QED) is 0.569. The highest BCUT2D eigenvalue weighted by molar-refractivity contribution is 4.88. The van der Waals surface area contributed by atoms with Crippen molar-refractivity contribution in [2.75, 3.05) is 20.1 Å². The van der Waals surface area contributed by atoms with Gasteiger partial charge < -0.3 is 4.90 Å². The molecule has 0 radical (unpaired) electrons. The Hall–Kier alpha value is -0.180. The van der Waals surface area contributed by atoms with Crippen LogP contribution in [0, 0.1) is 11.3 Å². The Balaban J connectivity index is 2.69. The maximum absolute atomic E-state index is 13.2. The van der Waals surface area contributed by atoms with Crippen molar-refractivity contribution in [3.05, 3.63) is 0 Å². The minimum absolute atomic E-state index is 0.0158. The van der Waals surface area contributed by atoms with Gasteiger partial charge in [0, 0.05) is 13.0 Å². The second-order valence-electron chi connectivity index (χ2n) is 5.32. The predicted molar refractivity (Wildman–Crippen MR) is 50.0 cm³/mol. The van der Waals surface area contributed by atoms with E-state index in [-0.39, 0.29) is 24.3 Å². The van der Waals surface area contributed by atoms with Crippen molar-refractivity contribution in [3.63, 3.8) is 0 Å². The monoisotopic (exact) mass is 191 g/mol. The number of nitrogens with zero attached hydrogens (tertiary/aromatic N) is 1. The number of hydrogen-bond donors (Lipinski definition) is 0. The Morgan fingerprint density at radius 2 is 1.85 bits per heavy atom. The molecule has 1 saturated heterocycles. The van der Waals surface area contributed by atoms with Gasteiger partial charge in [0.15, 0.2) is 0 Å². The third kappa shape index (κ3) is 2.90. The van der Waals surface area contributed by atoms with E-state index in [1.165, 1.54) is 0 Å². The molecule has 0 aliphatic carbocycles. The Labute approximate surface area is 79.1 Å². The second-order valence-corrected chi connectivity index (χ2v) is 5.32. The van der Waals surface area contributed by atoms with E-state index < -0.39 is 5.92 Å². The van der Waals surface area contributed by atoms with Gasteiger partial charge >= 0.3 is 0 Å². The van der Waals surface area contributed by atoms with E-state index in [0.29, 0.717) is 0 Å². The highest BCUT2D eigenvalue weighted by Crippen LogP contribution is 2.38. The van der Waals surface area contributed by atoms with Gasteiger partial charge in [0.25, 0.3) is 5.92 Å². The summed E-state index contributed by atoms with van der Waals surface area (Å²) in [5.41, 5.74) is -0.0158. The fraction of sp³-hybridized carbons (Fsp3) is 1.00. The van der Waals surface area contributed by atoms with E-state index in [2.05, 4.69) is 0 Å². The zero-order chi connectivity index (χ0) is 10.3. The fourth-order valence-corrected chi connectivity index (χ4v) is 1.91. The smallest absolute Gasteiger partial charge is 0.260 e. The first kappa shape index (κ1) is 10.9. The Morgan fingerprint density at radius 1 is 1.31 bits per heavy atom. The van der Waals surface area contributed by atoms with Gasteiger partial charge in [0.05, 0.1) is 6.54 Å². The first-order valence-electron chi connectivity index (χ1n) is 4.77. The predicted octanol–water partition coefficient (Wildman–Crippen LogP) is 2.62. The van der Waals surface area contributed by atoms with Crippen molar-refractivity contribution in [2.24, 2.45) is 11.3 Å². The molecule has 0 amide bonds. The molecule has 1 unspecified atom stereocenters. The van der Waals surface area contributed by atoms with E-state index in [1.54, 1.807) is 11.9 Å². The largest absolute Gasteiger partial charge is 0.300 e. The molecule has 0 N–H and O–H groups in total. The van der Waals surface area contributed by atoms with Gasteiger partial charge in [0.2, 0.25) is 0 Å². The molecular formula is C10H19F2N. The Bertz CT molecular complexity index is 184. The Kier molecular flexibility index (Phi) is 2.68. The number of likely N-dealkylation sites (tertiary alicyclic amines) is 1. The van der Waals surface area contributed by atoms with Crippen LogP contribution in [0.25, 0.3) is 0 Å². The molecule has 0 aromatic carbocycles. The van der Waals surface area contributed by atoms with Crippen LogP contribution < -0.4 is 0 Å². The topological polar surface area (TPSA) is 3.24 Å². The first-order valence-corrected chi connectivity index (χ1v) is 4.77. The molecule has 3 heteroatoms. The highest BCUT2D eigenvalue weighted by Gasteiger charge is 2.42. The van der Waals surface area contributed by atoms with E-state index in [0.717, 1.165) is 6.54 Å². The summed E-state index contributed by atoms with van der Waals surface area (Å²) in [6, 6.07) is 0. The molecule has 0 saturated carbocycles. The molecule has 1 heterocycles. The van der Waals surface area contributed by atoms with Gasteiger partial charge in [-0.25, -0.2) is 8.78 Å². The van der Waals surface area contributed by atoms with Crippen LogP contribution in [0.4, 0.5) is 8.78 Å². The summed E-state index contributed by atoms with van der Waals surface area (Å²) in [6.07, 6.45) is 0.0425. The summed E-state index contributed by atoms with van der Waals surface area (Å²) in [5, 5.41) is 0. The highest BCUT2D eigenvalue weighted by atomic mass is 19.3. The van der Waals surface area contributed by atoms with Crippen molar-refractivity contribution in [1.82, 2.24) is 4.90 Å². The molecule has 0 bridgehead atoms. The zero-order valence-electron chi connectivity index (χ0n) is 8.90. The lowest BCUT2D eigenvalue weighted by atomic mass is 9.75. The van der Waals surface area contributed by atoms with Crippen molar-refractivity contribution < 1.29 is 8.78 Å². The van der Waals surface area contributed by atoms with Gasteiger partial charge in [-0.05, 0) is 18.4 Å². The second kappa shape index (κ2) is 3.19. The number of rotatable bonds is 0. The van der Waals surface area contributed by atoms with Crippen LogP contribution in [0.2, 0.25) is 0 Å². The molecule has 1 aliphatic rings. The summed E-state index contributed by atoms with van der Waals surface area (Å²) in [4.78, 5) is 1.74. The lowest BCUT2D eigenvalue weighted by molar-refractivity contribution is -0.0960. The number of halogens is 2. The van der Waals surface area contributed by atoms with E-state index >= 15 is 0 Å². The molecule has 78 valence electrons. The third-order valence-corrected chi connectivity index (χ3v) is 2.80. The van der Waals surface area contributed by atoms with Gasteiger partial charge in [-0.1, -0.05) is 20.8 Å². The van der Waals surface area contributed by atoms with E-state index in [4.69, 9.17) is 0 Å². The summed E-state index contributed by atoms with van der Waals surface area (Å²) < 4.78 is 26.4. The van der Waals surface area contributed by atoms with Gasteiger partial charge in [-0.2, -0.15) is 0 Å². The SMILES string of the molecule is CN1CC(C(C)(C)C)CC(F)(F)C1. The average molecular weight is 191 g/mol. The Morgan fingerprint density at radius 3 is 2.23 bits per heavy atom. The first-order chi connectivity index (χ1) is 5.71. The van der Waals surface area contributed by atoms with Crippen molar-refractivity contribution in [1.29, 1.82) is 0 Å². The minimum Gasteiger partial charge on any atom is -0.300 e. The van der Waals surface area contributed by atoms with Crippen molar-refractivity contribution in [3.8, 4) is 0 Å². The summed E-state index contributed by atoms with van der Waals surface area (Å²) >= 11 is 0. The standard InChI is InChI=1S/C10H19F2N/c1-9(2,3)8-5-10(11,12)7-13(4)6-8/h8H,5-7H2,1-4H3. The average Bonchev–Trinajstić information content (AvgIpc) is 1.79. The van der Waals surface area contributed by atoms with Crippen LogP contribution in [0.1, 0.15) is 27.2 Å². The van der Waals surface area contributed by atoms with Crippen LogP contribution in [0.15, 0.2) is 0 Å². The lowest BCUT2D eigenvalue weighted by Gasteiger charge is -2.41. The van der Waals surface area contributed by atoms with Crippen LogP contribution >= 0.6 is 0 Å². The lowest BCUT2D eigenvalue weighted by Crippen LogP contribution is -2.48. The van der Waals surface area contributed by atoms with Gasteiger partial charge in [-0.15, -0.1) is 0 Å². The van der Waals surface area contributed by atoms with Gasteiger partial charge in [-0.3, -0.25) is 0 Å². The van der Waals surface area contributed by atoms with Crippen molar-refractivity contribution in [2.45, 2.75) is 33.1 Å². The summed E-state index contributed by atoms with van der Waals surface area (Å²) in [5.74, 6) is -2.40. The molecule has 1 atom stereocenters. The van der Waals surface area contributed by atoms with Crippen LogP contribution in [-0.4, -0.2) is 31.0 Å². The normalized spacial score (nSPS) is 30.5. The van der Waals surface area contributed by atoms with E-state index in [1.807, 2.05) is 20.8 Å². The number of piperidine rings is 1. The molecule has 1 fully saturated rings. The number of hydrogen-bond acceptors (Lipinski definition) is 1. The van der Waals surface area contributed by atoms with Crippen LogP contribution in [-0.2, 0) is 0 Å². The van der Waals surface area contributed by atoms with Gasteiger partial charge in [0.1, 0.15) is 0 Å². The maximum atomic E-state index is 13.2. The van der Waals surface area contributed by atoms with Crippen LogP contribution in [0.3, 0.4) is 0 Å². The van der Waals surface area contributed by atoms with Crippen LogP contribution in [0.5, 0.6) is 0 Å². The third-order valence-electron chi connectivity index (χ3n) is 2.80. The fourth-order valence-electron chi connectivity index (χ4n) is 1.91. The molecule has 0 aromatic rings. The minimum atomic E-state index is -2.50.